The Morgan fingerprint density at radius 2 is 1.59 bits per heavy atom. The van der Waals surface area contributed by atoms with Gasteiger partial charge in [0.1, 0.15) is 0 Å². The highest BCUT2D eigenvalue weighted by Gasteiger charge is 2.36. The van der Waals surface area contributed by atoms with Gasteiger partial charge in [0.05, 0.1) is 10.6 Å². The molecule has 32 heavy (non-hydrogen) atoms. The van der Waals surface area contributed by atoms with Crippen molar-refractivity contribution in [1.29, 1.82) is 0 Å². The van der Waals surface area contributed by atoms with Crippen LogP contribution in [0.1, 0.15) is 29.8 Å². The average Bonchev–Trinajstić information content (AvgIpc) is 3.09. The van der Waals surface area contributed by atoms with Gasteiger partial charge in [0.25, 0.3) is 15.9 Å². The first-order chi connectivity index (χ1) is 15.3. The zero-order chi connectivity index (χ0) is 22.9. The average molecular weight is 450 g/mol. The van der Waals surface area contributed by atoms with Crippen molar-refractivity contribution >= 4 is 38.9 Å². The van der Waals surface area contributed by atoms with E-state index in [1.165, 1.54) is 11.2 Å². The molecule has 4 rings (SSSR count). The Kier molecular flexibility index (Phi) is 5.71. The number of amides is 2. The second-order valence-corrected chi connectivity index (χ2v) is 9.54. The highest BCUT2D eigenvalue weighted by molar-refractivity contribution is 7.92. The van der Waals surface area contributed by atoms with Crippen LogP contribution in [0.15, 0.2) is 77.7 Å². The number of carbonyl (C=O) groups is 2. The van der Waals surface area contributed by atoms with Gasteiger partial charge in [-0.25, -0.2) is 8.42 Å². The standard InChI is InChI=1S/C24H23N3O4S/c1-16-13-19-14-18(24(29)26-21-8-6-7-20(15-21)25-17(2)28)11-12-23(19)27(16)32(30,31)22-9-4-3-5-10-22/h3-12,14-16H,13H2,1-2H3,(H,25,28)(H,26,29)/t16-/m1/s1. The number of hydrogen-bond donors (Lipinski definition) is 2. The first-order valence-electron chi connectivity index (χ1n) is 10.2. The number of nitrogens with zero attached hydrogens (tertiary/aromatic N) is 1. The maximum atomic E-state index is 13.2. The molecule has 0 saturated heterocycles. The molecule has 0 saturated carbocycles. The van der Waals surface area contributed by atoms with Crippen LogP contribution in [0.2, 0.25) is 0 Å². The van der Waals surface area contributed by atoms with E-state index in [9.17, 15) is 18.0 Å². The van der Waals surface area contributed by atoms with Crippen LogP contribution in [-0.2, 0) is 21.2 Å². The van der Waals surface area contributed by atoms with Gasteiger partial charge in [0.15, 0.2) is 0 Å². The predicted molar refractivity (Wildman–Crippen MR) is 124 cm³/mol. The van der Waals surface area contributed by atoms with E-state index in [0.717, 1.165) is 5.56 Å². The fraction of sp³-hybridized carbons (Fsp3) is 0.167. The van der Waals surface area contributed by atoms with Crippen LogP contribution >= 0.6 is 0 Å². The molecule has 0 radical (unpaired) electrons. The summed E-state index contributed by atoms with van der Waals surface area (Å²) in [6.07, 6.45) is 0.514. The van der Waals surface area contributed by atoms with Gasteiger partial charge < -0.3 is 10.6 Å². The lowest BCUT2D eigenvalue weighted by atomic mass is 10.1. The third kappa shape index (κ3) is 4.22. The van der Waals surface area contributed by atoms with Gasteiger partial charge >= 0.3 is 0 Å². The molecule has 2 N–H and O–H groups in total. The summed E-state index contributed by atoms with van der Waals surface area (Å²) < 4.78 is 27.8. The van der Waals surface area contributed by atoms with Gasteiger partial charge in [-0.1, -0.05) is 24.3 Å². The fourth-order valence-electron chi connectivity index (χ4n) is 3.90. The topological polar surface area (TPSA) is 95.6 Å². The molecule has 1 heterocycles. The van der Waals surface area contributed by atoms with Gasteiger partial charge in [-0.05, 0) is 67.4 Å². The van der Waals surface area contributed by atoms with E-state index in [2.05, 4.69) is 10.6 Å². The predicted octanol–water partition coefficient (Wildman–Crippen LogP) is 4.04. The molecule has 2 amide bonds. The van der Waals surface area contributed by atoms with E-state index >= 15 is 0 Å². The summed E-state index contributed by atoms with van der Waals surface area (Å²) in [6, 6.07) is 20.0. The second-order valence-electron chi connectivity index (χ2n) is 7.73. The van der Waals surface area contributed by atoms with E-state index < -0.39 is 10.0 Å². The Morgan fingerprint density at radius 3 is 2.28 bits per heavy atom. The largest absolute Gasteiger partial charge is 0.326 e. The Bertz CT molecular complexity index is 1290. The number of nitrogens with one attached hydrogen (secondary N) is 2. The highest BCUT2D eigenvalue weighted by Crippen LogP contribution is 2.37. The molecule has 3 aromatic carbocycles. The Balaban J connectivity index is 1.58. The van der Waals surface area contributed by atoms with E-state index in [0.29, 0.717) is 29.0 Å². The molecule has 3 aromatic rings. The molecule has 1 aliphatic heterocycles. The van der Waals surface area contributed by atoms with Crippen molar-refractivity contribution in [3.8, 4) is 0 Å². The molecule has 0 aromatic heterocycles. The van der Waals surface area contributed by atoms with E-state index in [1.54, 1.807) is 72.8 Å². The normalized spacial score (nSPS) is 15.2. The van der Waals surface area contributed by atoms with E-state index in [1.807, 2.05) is 6.92 Å². The zero-order valence-corrected chi connectivity index (χ0v) is 18.5. The monoisotopic (exact) mass is 449 g/mol. The molecule has 1 atom stereocenters. The van der Waals surface area contributed by atoms with Crippen molar-refractivity contribution in [2.45, 2.75) is 31.2 Å². The number of rotatable bonds is 5. The fourth-order valence-corrected chi connectivity index (χ4v) is 5.61. The summed E-state index contributed by atoms with van der Waals surface area (Å²) in [7, 11) is -3.70. The van der Waals surface area contributed by atoms with E-state index in [-0.39, 0.29) is 22.8 Å². The van der Waals surface area contributed by atoms with Crippen molar-refractivity contribution in [3.05, 3.63) is 83.9 Å². The molecule has 8 heteroatoms. The molecule has 7 nitrogen and oxygen atoms in total. The smallest absolute Gasteiger partial charge is 0.264 e. The molecule has 0 unspecified atom stereocenters. The van der Waals surface area contributed by atoms with Crippen LogP contribution in [0, 0.1) is 0 Å². The first-order valence-corrected chi connectivity index (χ1v) is 11.6. The van der Waals surface area contributed by atoms with Crippen molar-refractivity contribution in [2.75, 3.05) is 14.9 Å². The molecular formula is C24H23N3O4S. The number of hydrogen-bond acceptors (Lipinski definition) is 4. The van der Waals surface area contributed by atoms with Crippen molar-refractivity contribution in [2.24, 2.45) is 0 Å². The summed E-state index contributed by atoms with van der Waals surface area (Å²) in [4.78, 5) is 24.3. The second kappa shape index (κ2) is 8.47. The van der Waals surface area contributed by atoms with Gasteiger partial charge in [-0.3, -0.25) is 13.9 Å². The van der Waals surface area contributed by atoms with Crippen LogP contribution in [0.3, 0.4) is 0 Å². The zero-order valence-electron chi connectivity index (χ0n) is 17.7. The van der Waals surface area contributed by atoms with Crippen LogP contribution in [-0.4, -0.2) is 26.3 Å². The number of anilines is 3. The highest BCUT2D eigenvalue weighted by atomic mass is 32.2. The number of sulfonamides is 1. The quantitative estimate of drug-likeness (QED) is 0.615. The van der Waals surface area contributed by atoms with Crippen LogP contribution in [0.5, 0.6) is 0 Å². The summed E-state index contributed by atoms with van der Waals surface area (Å²) >= 11 is 0. The number of carbonyl (C=O) groups excluding carboxylic acids is 2. The summed E-state index contributed by atoms with van der Waals surface area (Å²) in [5.74, 6) is -0.513. The van der Waals surface area contributed by atoms with Gasteiger partial charge in [-0.2, -0.15) is 0 Å². The lowest BCUT2D eigenvalue weighted by molar-refractivity contribution is -0.114. The van der Waals surface area contributed by atoms with Crippen LogP contribution in [0.25, 0.3) is 0 Å². The van der Waals surface area contributed by atoms with Crippen molar-refractivity contribution in [3.63, 3.8) is 0 Å². The third-order valence-corrected chi connectivity index (χ3v) is 7.18. The maximum absolute atomic E-state index is 13.2. The molecular weight excluding hydrogens is 426 g/mol. The number of fused-ring (bicyclic) bond motifs is 1. The Morgan fingerprint density at radius 1 is 0.906 bits per heavy atom. The number of benzene rings is 3. The Hall–Kier alpha value is -3.65. The Labute approximate surface area is 187 Å². The van der Waals surface area contributed by atoms with Crippen LogP contribution < -0.4 is 14.9 Å². The van der Waals surface area contributed by atoms with Gasteiger partial charge in [0, 0.05) is 29.9 Å². The van der Waals surface area contributed by atoms with E-state index in [4.69, 9.17) is 0 Å². The molecule has 0 aliphatic carbocycles. The molecule has 164 valence electrons. The van der Waals surface area contributed by atoms with Gasteiger partial charge in [-0.15, -0.1) is 0 Å². The lowest BCUT2D eigenvalue weighted by Crippen LogP contribution is -2.35. The maximum Gasteiger partial charge on any atom is 0.264 e. The molecule has 0 spiro atoms. The van der Waals surface area contributed by atoms with Crippen molar-refractivity contribution in [1.82, 2.24) is 0 Å². The lowest BCUT2D eigenvalue weighted by Gasteiger charge is -2.24. The first kappa shape index (κ1) is 21.6. The summed E-state index contributed by atoms with van der Waals surface area (Å²) in [5, 5.41) is 5.50. The molecule has 0 fully saturated rings. The minimum Gasteiger partial charge on any atom is -0.326 e. The van der Waals surface area contributed by atoms with Gasteiger partial charge in [0.2, 0.25) is 5.91 Å². The third-order valence-electron chi connectivity index (χ3n) is 5.24. The summed E-state index contributed by atoms with van der Waals surface area (Å²) in [5.41, 5.74) is 2.95. The SMILES string of the molecule is CC(=O)Nc1cccc(NC(=O)c2ccc3c(c2)C[C@@H](C)N3S(=O)(=O)c2ccccc2)c1. The van der Waals surface area contributed by atoms with Crippen molar-refractivity contribution < 1.29 is 18.0 Å². The van der Waals surface area contributed by atoms with Crippen LogP contribution in [0.4, 0.5) is 17.1 Å². The summed E-state index contributed by atoms with van der Waals surface area (Å²) in [6.45, 7) is 3.27. The molecule has 0 bridgehead atoms. The minimum atomic E-state index is -3.70. The molecule has 1 aliphatic rings. The minimum absolute atomic E-state index is 0.198.